The van der Waals surface area contributed by atoms with Crippen LogP contribution in [0, 0.1) is 0 Å². The summed E-state index contributed by atoms with van der Waals surface area (Å²) in [6.45, 7) is 2.16. The summed E-state index contributed by atoms with van der Waals surface area (Å²) < 4.78 is 11.6. The molecule has 0 aromatic heterocycles. The molecule has 0 aliphatic heterocycles. The van der Waals surface area contributed by atoms with Crippen LogP contribution in [0.15, 0.2) is 46.9 Å². The van der Waals surface area contributed by atoms with Gasteiger partial charge >= 0.3 is 0 Å². The van der Waals surface area contributed by atoms with E-state index >= 15 is 0 Å². The Labute approximate surface area is 134 Å². The number of para-hydroxylation sites is 1. The number of hydrogen-bond donors (Lipinski definition) is 1. The zero-order valence-electron chi connectivity index (χ0n) is 12.5. The van der Waals surface area contributed by atoms with Crippen LogP contribution < -0.4 is 14.8 Å². The molecule has 4 heteroatoms. The molecule has 3 nitrogen and oxygen atoms in total. The lowest BCUT2D eigenvalue weighted by Gasteiger charge is -2.17. The van der Waals surface area contributed by atoms with Crippen molar-refractivity contribution in [1.82, 2.24) is 0 Å². The molecule has 0 spiro atoms. The molecule has 0 saturated carbocycles. The van der Waals surface area contributed by atoms with Crippen LogP contribution in [-0.4, -0.2) is 20.3 Å². The molecule has 2 aromatic carbocycles. The van der Waals surface area contributed by atoms with E-state index in [1.807, 2.05) is 36.4 Å². The van der Waals surface area contributed by atoms with E-state index in [0.29, 0.717) is 6.04 Å². The maximum Gasteiger partial charge on any atom is 0.133 e. The fraction of sp³-hybridized carbons (Fsp3) is 0.294. The molecule has 0 heterocycles. The third-order valence-electron chi connectivity index (χ3n) is 3.28. The number of ether oxygens (including phenoxy) is 2. The van der Waals surface area contributed by atoms with E-state index in [1.54, 1.807) is 14.2 Å². The standard InChI is InChI=1S/C17H20BrNO2/c1-12(10-13-6-4-5-7-16(13)20-2)19-14-8-9-17(21-3)15(18)11-14/h4-9,11-12,19H,10H2,1-3H3. The van der Waals surface area contributed by atoms with Crippen molar-refractivity contribution in [2.75, 3.05) is 19.5 Å². The van der Waals surface area contributed by atoms with Crippen molar-refractivity contribution >= 4 is 21.6 Å². The maximum atomic E-state index is 5.39. The van der Waals surface area contributed by atoms with Gasteiger partial charge < -0.3 is 14.8 Å². The van der Waals surface area contributed by atoms with Crippen LogP contribution in [-0.2, 0) is 6.42 Å². The van der Waals surface area contributed by atoms with Crippen LogP contribution in [0.1, 0.15) is 12.5 Å². The Balaban J connectivity index is 2.04. The normalized spacial score (nSPS) is 11.8. The second-order valence-electron chi connectivity index (χ2n) is 4.91. The summed E-state index contributed by atoms with van der Waals surface area (Å²) in [6.07, 6.45) is 0.896. The predicted molar refractivity (Wildman–Crippen MR) is 90.5 cm³/mol. The van der Waals surface area contributed by atoms with Gasteiger partial charge in [0.25, 0.3) is 0 Å². The first-order chi connectivity index (χ1) is 10.1. The highest BCUT2D eigenvalue weighted by Gasteiger charge is 2.09. The van der Waals surface area contributed by atoms with Gasteiger partial charge in [-0.1, -0.05) is 18.2 Å². The van der Waals surface area contributed by atoms with E-state index in [2.05, 4.69) is 34.2 Å². The number of benzene rings is 2. The van der Waals surface area contributed by atoms with Gasteiger partial charge in [0.2, 0.25) is 0 Å². The Morgan fingerprint density at radius 2 is 1.76 bits per heavy atom. The lowest BCUT2D eigenvalue weighted by Crippen LogP contribution is -2.18. The summed E-state index contributed by atoms with van der Waals surface area (Å²) in [5.41, 5.74) is 2.26. The first-order valence-corrected chi connectivity index (χ1v) is 7.65. The van der Waals surface area contributed by atoms with Gasteiger partial charge in [0, 0.05) is 11.7 Å². The Hall–Kier alpha value is -1.68. The molecule has 0 bridgehead atoms. The topological polar surface area (TPSA) is 30.5 Å². The van der Waals surface area contributed by atoms with Crippen molar-refractivity contribution in [1.29, 1.82) is 0 Å². The Morgan fingerprint density at radius 1 is 1.05 bits per heavy atom. The number of anilines is 1. The maximum absolute atomic E-state index is 5.39. The monoisotopic (exact) mass is 349 g/mol. The summed E-state index contributed by atoms with van der Waals surface area (Å²) in [6, 6.07) is 14.4. The fourth-order valence-electron chi connectivity index (χ4n) is 2.29. The lowest BCUT2D eigenvalue weighted by atomic mass is 10.1. The molecular weight excluding hydrogens is 330 g/mol. The zero-order chi connectivity index (χ0) is 15.2. The number of rotatable bonds is 6. The molecule has 2 rings (SSSR count). The first kappa shape index (κ1) is 15.7. The molecular formula is C17H20BrNO2. The van der Waals surface area contributed by atoms with Crippen molar-refractivity contribution in [2.45, 2.75) is 19.4 Å². The molecule has 0 radical (unpaired) electrons. The average Bonchev–Trinajstić information content (AvgIpc) is 2.48. The molecule has 0 fully saturated rings. The minimum absolute atomic E-state index is 0.293. The van der Waals surface area contributed by atoms with Gasteiger partial charge in [0.05, 0.1) is 18.7 Å². The number of hydrogen-bond acceptors (Lipinski definition) is 3. The third kappa shape index (κ3) is 4.14. The van der Waals surface area contributed by atoms with Crippen LogP contribution in [0.3, 0.4) is 0 Å². The molecule has 0 saturated heterocycles. The van der Waals surface area contributed by atoms with Crippen molar-refractivity contribution < 1.29 is 9.47 Å². The third-order valence-corrected chi connectivity index (χ3v) is 3.90. The zero-order valence-corrected chi connectivity index (χ0v) is 14.1. The van der Waals surface area contributed by atoms with E-state index in [4.69, 9.17) is 9.47 Å². The van der Waals surface area contributed by atoms with Gasteiger partial charge in [0.15, 0.2) is 0 Å². The molecule has 0 amide bonds. The highest BCUT2D eigenvalue weighted by Crippen LogP contribution is 2.28. The van der Waals surface area contributed by atoms with Crippen LogP contribution >= 0.6 is 15.9 Å². The van der Waals surface area contributed by atoms with Crippen molar-refractivity contribution in [2.24, 2.45) is 0 Å². The quantitative estimate of drug-likeness (QED) is 0.832. The second kappa shape index (κ2) is 7.36. The molecule has 0 aliphatic carbocycles. The van der Waals surface area contributed by atoms with Gasteiger partial charge in [0.1, 0.15) is 11.5 Å². The fourth-order valence-corrected chi connectivity index (χ4v) is 2.83. The Morgan fingerprint density at radius 3 is 2.43 bits per heavy atom. The average molecular weight is 350 g/mol. The highest BCUT2D eigenvalue weighted by atomic mass is 79.9. The molecule has 2 aromatic rings. The summed E-state index contributed by atoms with van der Waals surface area (Å²) in [5, 5.41) is 3.49. The van der Waals surface area contributed by atoms with Crippen molar-refractivity contribution in [3.63, 3.8) is 0 Å². The number of halogens is 1. The smallest absolute Gasteiger partial charge is 0.133 e. The second-order valence-corrected chi connectivity index (χ2v) is 5.77. The van der Waals surface area contributed by atoms with Gasteiger partial charge in [-0.25, -0.2) is 0 Å². The summed E-state index contributed by atoms with van der Waals surface area (Å²) >= 11 is 3.50. The molecule has 1 atom stereocenters. The summed E-state index contributed by atoms with van der Waals surface area (Å²) in [4.78, 5) is 0. The molecule has 21 heavy (non-hydrogen) atoms. The number of methoxy groups -OCH3 is 2. The predicted octanol–water partition coefficient (Wildman–Crippen LogP) is 4.51. The lowest BCUT2D eigenvalue weighted by molar-refractivity contribution is 0.409. The molecule has 1 unspecified atom stereocenters. The van der Waals surface area contributed by atoms with E-state index in [1.165, 1.54) is 5.56 Å². The number of nitrogens with one attached hydrogen (secondary N) is 1. The largest absolute Gasteiger partial charge is 0.496 e. The molecule has 0 aliphatic rings. The van der Waals surface area contributed by atoms with Gasteiger partial charge in [-0.15, -0.1) is 0 Å². The van der Waals surface area contributed by atoms with Crippen molar-refractivity contribution in [3.8, 4) is 11.5 Å². The van der Waals surface area contributed by atoms with E-state index in [9.17, 15) is 0 Å². The van der Waals surface area contributed by atoms with Crippen molar-refractivity contribution in [3.05, 3.63) is 52.5 Å². The minimum atomic E-state index is 0.293. The van der Waals surface area contributed by atoms with Gasteiger partial charge in [-0.05, 0) is 59.1 Å². The Bertz CT molecular complexity index is 601. The van der Waals surface area contributed by atoms with E-state index < -0.39 is 0 Å². The van der Waals surface area contributed by atoms with Gasteiger partial charge in [-0.2, -0.15) is 0 Å². The van der Waals surface area contributed by atoms with E-state index in [-0.39, 0.29) is 0 Å². The minimum Gasteiger partial charge on any atom is -0.496 e. The van der Waals surface area contributed by atoms with E-state index in [0.717, 1.165) is 28.1 Å². The summed E-state index contributed by atoms with van der Waals surface area (Å²) in [5.74, 6) is 1.76. The SMILES string of the molecule is COc1ccc(NC(C)Cc2ccccc2OC)cc1Br. The van der Waals surface area contributed by atoms with Crippen LogP contribution in [0.5, 0.6) is 11.5 Å². The first-order valence-electron chi connectivity index (χ1n) is 6.86. The Kier molecular flexibility index (Phi) is 5.51. The highest BCUT2D eigenvalue weighted by molar-refractivity contribution is 9.10. The van der Waals surface area contributed by atoms with Crippen LogP contribution in [0.2, 0.25) is 0 Å². The van der Waals surface area contributed by atoms with Gasteiger partial charge in [-0.3, -0.25) is 0 Å². The van der Waals surface area contributed by atoms with Crippen LogP contribution in [0.25, 0.3) is 0 Å². The molecule has 1 N–H and O–H groups in total. The molecule has 112 valence electrons. The summed E-state index contributed by atoms with van der Waals surface area (Å²) in [7, 11) is 3.37. The van der Waals surface area contributed by atoms with Crippen LogP contribution in [0.4, 0.5) is 5.69 Å².